The molecule has 0 saturated heterocycles. The Bertz CT molecular complexity index is 63.4. The maximum absolute atomic E-state index is 9.62. The zero-order valence-electron chi connectivity index (χ0n) is 5.14. The Kier molecular flexibility index (Phi) is 9.67. The van der Waals surface area contributed by atoms with Gasteiger partial charge < -0.3 is 9.90 Å². The molecule has 0 aromatic heterocycles. The van der Waals surface area contributed by atoms with Crippen LogP contribution in [-0.4, -0.2) is 5.97 Å². The van der Waals surface area contributed by atoms with E-state index in [1.807, 2.05) is 0 Å². The molecule has 0 amide bonds. The fourth-order valence-corrected chi connectivity index (χ4v) is 0.269. The summed E-state index contributed by atoms with van der Waals surface area (Å²) in [7, 11) is 0. The molecule has 0 bridgehead atoms. The van der Waals surface area contributed by atoms with E-state index in [0.717, 1.165) is 0 Å². The molecule has 0 fully saturated rings. The van der Waals surface area contributed by atoms with Crippen LogP contribution in [0, 0.1) is 6.92 Å². The fourth-order valence-electron chi connectivity index (χ4n) is 0.269. The largest absolute Gasteiger partial charge is 1.00 e. The molecular formula is C5H8LiO2. The van der Waals surface area contributed by atoms with Crippen LogP contribution >= 0.6 is 0 Å². The van der Waals surface area contributed by atoms with Crippen molar-refractivity contribution in [1.29, 1.82) is 0 Å². The smallest absolute Gasteiger partial charge is 0.550 e. The molecule has 0 rings (SSSR count). The Balaban J connectivity index is 0. The van der Waals surface area contributed by atoms with Crippen molar-refractivity contribution in [2.75, 3.05) is 0 Å². The maximum atomic E-state index is 9.62. The number of carboxylic acids is 1. The second-order valence-corrected chi connectivity index (χ2v) is 1.33. The minimum Gasteiger partial charge on any atom is -0.550 e. The molecule has 2 nitrogen and oxygen atoms in total. The van der Waals surface area contributed by atoms with E-state index in [4.69, 9.17) is 0 Å². The zero-order chi connectivity index (χ0) is 5.70. The van der Waals surface area contributed by atoms with E-state index in [1.54, 1.807) is 0 Å². The van der Waals surface area contributed by atoms with Gasteiger partial charge in [-0.3, -0.25) is 0 Å². The second-order valence-electron chi connectivity index (χ2n) is 1.33. The summed E-state index contributed by atoms with van der Waals surface area (Å²) in [6.45, 7) is 3.47. The number of unbranched alkanes of at least 4 members (excludes halogenated alkanes) is 1. The first kappa shape index (κ1) is 10.9. The van der Waals surface area contributed by atoms with Crippen LogP contribution in [0.15, 0.2) is 0 Å². The number of hydrogen-bond acceptors (Lipinski definition) is 2. The van der Waals surface area contributed by atoms with Gasteiger partial charge in [-0.25, -0.2) is 0 Å². The molecule has 1 radical (unpaired) electrons. The van der Waals surface area contributed by atoms with Gasteiger partial charge in [-0.2, -0.15) is 0 Å². The maximum Gasteiger partial charge on any atom is 1.00 e. The van der Waals surface area contributed by atoms with Crippen LogP contribution in [0.5, 0.6) is 0 Å². The molecule has 0 heterocycles. The van der Waals surface area contributed by atoms with Gasteiger partial charge in [0, 0.05) is 5.97 Å². The minimum atomic E-state index is -0.983. The first-order valence-electron chi connectivity index (χ1n) is 2.26. The van der Waals surface area contributed by atoms with Crippen molar-refractivity contribution in [3.8, 4) is 0 Å². The SMILES string of the molecule is [CH2]CCCC(=O)[O-].[Li+]. The molecule has 0 atom stereocenters. The number of carbonyl (C=O) groups excluding carboxylic acids is 1. The Labute approximate surface area is 61.5 Å². The van der Waals surface area contributed by atoms with Gasteiger partial charge in [-0.05, 0) is 12.8 Å². The average molecular weight is 107 g/mol. The van der Waals surface area contributed by atoms with Crippen molar-refractivity contribution in [2.45, 2.75) is 19.3 Å². The molecule has 0 saturated carbocycles. The molecule has 3 heteroatoms. The molecular weight excluding hydrogens is 99.0 g/mol. The van der Waals surface area contributed by atoms with Crippen molar-refractivity contribution in [1.82, 2.24) is 0 Å². The van der Waals surface area contributed by atoms with Crippen molar-refractivity contribution >= 4 is 5.97 Å². The fraction of sp³-hybridized carbons (Fsp3) is 0.600. The van der Waals surface area contributed by atoms with Gasteiger partial charge in [0.1, 0.15) is 0 Å². The summed E-state index contributed by atoms with van der Waals surface area (Å²) in [5.74, 6) is -0.983. The first-order chi connectivity index (χ1) is 3.27. The van der Waals surface area contributed by atoms with Crippen LogP contribution in [0.25, 0.3) is 0 Å². The van der Waals surface area contributed by atoms with Gasteiger partial charge in [-0.15, -0.1) is 0 Å². The van der Waals surface area contributed by atoms with E-state index in [2.05, 4.69) is 6.92 Å². The summed E-state index contributed by atoms with van der Waals surface area (Å²) in [5, 5.41) is 9.62. The van der Waals surface area contributed by atoms with E-state index >= 15 is 0 Å². The Morgan fingerprint density at radius 3 is 2.25 bits per heavy atom. The third kappa shape index (κ3) is 9.42. The standard InChI is InChI=1S/C5H9O2.Li/c1-2-3-4-5(6)7;/h1-4H2,(H,6,7);/q;+1/p-1. The topological polar surface area (TPSA) is 40.1 Å². The van der Waals surface area contributed by atoms with Crippen LogP contribution < -0.4 is 24.0 Å². The third-order valence-electron chi connectivity index (χ3n) is 0.631. The summed E-state index contributed by atoms with van der Waals surface area (Å²) in [6, 6.07) is 0. The van der Waals surface area contributed by atoms with Gasteiger partial charge in [0.15, 0.2) is 0 Å². The van der Waals surface area contributed by atoms with E-state index in [0.29, 0.717) is 12.8 Å². The zero-order valence-corrected chi connectivity index (χ0v) is 5.14. The molecule has 0 aliphatic carbocycles. The van der Waals surface area contributed by atoms with Crippen LogP contribution in [0.1, 0.15) is 19.3 Å². The molecule has 0 aromatic rings. The average Bonchev–Trinajstić information content (AvgIpc) is 1.61. The van der Waals surface area contributed by atoms with Gasteiger partial charge in [0.05, 0.1) is 0 Å². The number of hydrogen-bond donors (Lipinski definition) is 0. The summed E-state index contributed by atoms with van der Waals surface area (Å²) < 4.78 is 0. The molecule has 41 valence electrons. The van der Waals surface area contributed by atoms with Crippen molar-refractivity contribution in [3.05, 3.63) is 6.92 Å². The number of aliphatic carboxylic acids is 1. The van der Waals surface area contributed by atoms with Gasteiger partial charge in [0.2, 0.25) is 0 Å². The summed E-state index contributed by atoms with van der Waals surface area (Å²) >= 11 is 0. The minimum absolute atomic E-state index is 0. The van der Waals surface area contributed by atoms with E-state index in [9.17, 15) is 9.90 Å². The monoisotopic (exact) mass is 107 g/mol. The second kappa shape index (κ2) is 7.07. The Morgan fingerprint density at radius 2 is 2.12 bits per heavy atom. The third-order valence-corrected chi connectivity index (χ3v) is 0.631. The van der Waals surface area contributed by atoms with Crippen molar-refractivity contribution in [3.63, 3.8) is 0 Å². The Morgan fingerprint density at radius 1 is 1.62 bits per heavy atom. The van der Waals surface area contributed by atoms with Crippen LogP contribution in [-0.2, 0) is 4.79 Å². The van der Waals surface area contributed by atoms with Crippen molar-refractivity contribution < 1.29 is 28.8 Å². The predicted molar refractivity (Wildman–Crippen MR) is 24.2 cm³/mol. The van der Waals surface area contributed by atoms with E-state index < -0.39 is 5.97 Å². The number of carboxylic acid groups (broad SMARTS) is 1. The quantitative estimate of drug-likeness (QED) is 0.355. The normalized spacial score (nSPS) is 7.62. The van der Waals surface area contributed by atoms with Gasteiger partial charge in [0.25, 0.3) is 0 Å². The molecule has 0 aromatic carbocycles. The van der Waals surface area contributed by atoms with E-state index in [1.165, 1.54) is 0 Å². The molecule has 0 spiro atoms. The molecule has 0 aliphatic heterocycles. The summed E-state index contributed by atoms with van der Waals surface area (Å²) in [6.07, 6.45) is 1.44. The van der Waals surface area contributed by atoms with Crippen LogP contribution in [0.4, 0.5) is 0 Å². The molecule has 0 aliphatic rings. The predicted octanol–water partition coefficient (Wildman–Crippen LogP) is -3.26. The van der Waals surface area contributed by atoms with Crippen LogP contribution in [0.2, 0.25) is 0 Å². The van der Waals surface area contributed by atoms with Gasteiger partial charge >= 0.3 is 18.9 Å². The van der Waals surface area contributed by atoms with E-state index in [-0.39, 0.29) is 25.3 Å². The van der Waals surface area contributed by atoms with Gasteiger partial charge in [-0.1, -0.05) is 13.3 Å². The molecule has 8 heavy (non-hydrogen) atoms. The number of carbonyl (C=O) groups is 1. The van der Waals surface area contributed by atoms with Crippen LogP contribution in [0.3, 0.4) is 0 Å². The molecule has 0 unspecified atom stereocenters. The summed E-state index contributed by atoms with van der Waals surface area (Å²) in [5.41, 5.74) is 0. The first-order valence-corrected chi connectivity index (χ1v) is 2.26. The summed E-state index contributed by atoms with van der Waals surface area (Å²) in [4.78, 5) is 9.62. The van der Waals surface area contributed by atoms with Crippen molar-refractivity contribution in [2.24, 2.45) is 0 Å². The molecule has 0 N–H and O–H groups in total. The number of rotatable bonds is 3. The Hall–Kier alpha value is 0.0674.